The molecule has 0 aliphatic heterocycles. The van der Waals surface area contributed by atoms with Crippen molar-refractivity contribution < 1.29 is 0 Å². The van der Waals surface area contributed by atoms with Crippen LogP contribution in [0.4, 0.5) is 0 Å². The van der Waals surface area contributed by atoms with Crippen molar-refractivity contribution in [3.8, 4) is 0 Å². The molecule has 0 saturated carbocycles. The summed E-state index contributed by atoms with van der Waals surface area (Å²) in [5.41, 5.74) is 4.37. The van der Waals surface area contributed by atoms with Crippen LogP contribution in [0.2, 0.25) is 0 Å². The second-order valence-electron chi connectivity index (χ2n) is 5.04. The lowest BCUT2D eigenvalue weighted by molar-refractivity contribution is 0.506. The number of alkyl halides is 1. The molecule has 0 bridgehead atoms. The van der Waals surface area contributed by atoms with Gasteiger partial charge in [0.15, 0.2) is 0 Å². The van der Waals surface area contributed by atoms with E-state index < -0.39 is 0 Å². The van der Waals surface area contributed by atoms with Gasteiger partial charge >= 0.3 is 0 Å². The van der Waals surface area contributed by atoms with Crippen molar-refractivity contribution >= 4 is 11.6 Å². The molecule has 0 radical (unpaired) electrons. The lowest BCUT2D eigenvalue weighted by Gasteiger charge is -2.21. The number of benzene rings is 1. The largest absolute Gasteiger partial charge is 0.122 e. The molecule has 0 spiro atoms. The summed E-state index contributed by atoms with van der Waals surface area (Å²) in [6, 6.07) is 6.80. The van der Waals surface area contributed by atoms with Crippen molar-refractivity contribution in [2.45, 2.75) is 44.9 Å². The first-order valence-electron chi connectivity index (χ1n) is 5.83. The van der Waals surface area contributed by atoms with Gasteiger partial charge in [-0.1, -0.05) is 37.6 Å². The minimum Gasteiger partial charge on any atom is -0.122 e. The zero-order valence-corrected chi connectivity index (χ0v) is 10.5. The summed E-state index contributed by atoms with van der Waals surface area (Å²) < 4.78 is 0. The highest BCUT2D eigenvalue weighted by atomic mass is 35.5. The molecule has 0 heterocycles. The number of aryl methyl sites for hydroxylation is 2. The minimum atomic E-state index is 0.285. The summed E-state index contributed by atoms with van der Waals surface area (Å²) in [5, 5.41) is 0.285. The zero-order chi connectivity index (χ0) is 11.0. The highest BCUT2D eigenvalue weighted by Crippen LogP contribution is 2.40. The molecule has 2 atom stereocenters. The Kier molecular flexibility index (Phi) is 3.06. The summed E-state index contributed by atoms with van der Waals surface area (Å²) in [6.07, 6.45) is 2.43. The van der Waals surface area contributed by atoms with E-state index in [9.17, 15) is 0 Å². The maximum atomic E-state index is 6.50. The Morgan fingerprint density at radius 3 is 2.73 bits per heavy atom. The molecule has 15 heavy (non-hydrogen) atoms. The van der Waals surface area contributed by atoms with Crippen LogP contribution in [-0.4, -0.2) is 5.38 Å². The van der Waals surface area contributed by atoms with E-state index in [0.717, 1.165) is 0 Å². The van der Waals surface area contributed by atoms with E-state index in [2.05, 4.69) is 39.0 Å². The van der Waals surface area contributed by atoms with E-state index >= 15 is 0 Å². The van der Waals surface area contributed by atoms with Gasteiger partial charge in [0.25, 0.3) is 0 Å². The van der Waals surface area contributed by atoms with Gasteiger partial charge in [0.05, 0.1) is 0 Å². The molecule has 2 unspecified atom stereocenters. The maximum Gasteiger partial charge on any atom is 0.0427 e. The molecule has 1 aromatic rings. The third-order valence-corrected chi connectivity index (χ3v) is 4.25. The molecule has 1 aliphatic rings. The van der Waals surface area contributed by atoms with Crippen molar-refractivity contribution in [2.75, 3.05) is 0 Å². The second-order valence-corrected chi connectivity index (χ2v) is 5.54. The van der Waals surface area contributed by atoms with Gasteiger partial charge < -0.3 is 0 Å². The molecule has 0 fully saturated rings. The van der Waals surface area contributed by atoms with Crippen LogP contribution in [0.5, 0.6) is 0 Å². The van der Waals surface area contributed by atoms with Crippen LogP contribution >= 0.6 is 11.6 Å². The molecule has 82 valence electrons. The van der Waals surface area contributed by atoms with Crippen LogP contribution in [0.25, 0.3) is 0 Å². The highest BCUT2D eigenvalue weighted by Gasteiger charge is 2.30. The van der Waals surface area contributed by atoms with Crippen molar-refractivity contribution in [1.29, 1.82) is 0 Å². The molecule has 2 rings (SSSR count). The molecule has 0 aromatic heterocycles. The van der Waals surface area contributed by atoms with E-state index in [-0.39, 0.29) is 5.38 Å². The summed E-state index contributed by atoms with van der Waals surface area (Å²) in [6.45, 7) is 6.59. The van der Waals surface area contributed by atoms with Gasteiger partial charge in [-0.15, -0.1) is 11.6 Å². The normalized spacial score (nSPS) is 21.8. The van der Waals surface area contributed by atoms with E-state index in [4.69, 9.17) is 11.6 Å². The fraction of sp³-hybridized carbons (Fsp3) is 0.571. The van der Waals surface area contributed by atoms with E-state index in [1.807, 2.05) is 0 Å². The van der Waals surface area contributed by atoms with E-state index in [0.29, 0.717) is 11.8 Å². The number of hydrogen-bond acceptors (Lipinski definition) is 0. The Hall–Kier alpha value is -0.490. The minimum absolute atomic E-state index is 0.285. The summed E-state index contributed by atoms with van der Waals surface area (Å²) in [5.74, 6) is 1.13. The van der Waals surface area contributed by atoms with Crippen LogP contribution in [0.3, 0.4) is 0 Å². The maximum absolute atomic E-state index is 6.50. The highest BCUT2D eigenvalue weighted by molar-refractivity contribution is 6.21. The fourth-order valence-corrected chi connectivity index (χ4v) is 2.81. The van der Waals surface area contributed by atoms with Gasteiger partial charge in [0, 0.05) is 11.3 Å². The Labute approximate surface area is 97.6 Å². The molecule has 1 aliphatic carbocycles. The Balaban J connectivity index is 2.31. The smallest absolute Gasteiger partial charge is 0.0427 e. The van der Waals surface area contributed by atoms with Gasteiger partial charge in [-0.05, 0) is 36.8 Å². The van der Waals surface area contributed by atoms with Gasteiger partial charge in [-0.3, -0.25) is 0 Å². The predicted octanol–water partition coefficient (Wildman–Crippen LogP) is 4.29. The molecule has 0 amide bonds. The molecule has 0 nitrogen and oxygen atoms in total. The first-order chi connectivity index (χ1) is 7.09. The fourth-order valence-electron chi connectivity index (χ4n) is 2.55. The van der Waals surface area contributed by atoms with E-state index in [1.165, 1.54) is 29.5 Å². The average molecular weight is 223 g/mol. The molecule has 1 heteroatoms. The van der Waals surface area contributed by atoms with Gasteiger partial charge in [-0.25, -0.2) is 0 Å². The number of hydrogen-bond donors (Lipinski definition) is 0. The van der Waals surface area contributed by atoms with Crippen LogP contribution in [0, 0.1) is 12.8 Å². The quantitative estimate of drug-likeness (QED) is 0.655. The van der Waals surface area contributed by atoms with Gasteiger partial charge in [0.2, 0.25) is 0 Å². The van der Waals surface area contributed by atoms with E-state index in [1.54, 1.807) is 0 Å². The monoisotopic (exact) mass is 222 g/mol. The first kappa shape index (κ1) is 11.0. The molecule has 1 aromatic carbocycles. The first-order valence-corrected chi connectivity index (χ1v) is 6.26. The predicted molar refractivity (Wildman–Crippen MR) is 66.7 cm³/mol. The van der Waals surface area contributed by atoms with Gasteiger partial charge in [0.1, 0.15) is 0 Å². The third kappa shape index (κ3) is 2.06. The SMILES string of the molecule is Cc1ccc2c(c1)C(C(Cl)C(C)C)CC2. The lowest BCUT2D eigenvalue weighted by atomic mass is 9.90. The topological polar surface area (TPSA) is 0 Å². The summed E-state index contributed by atoms with van der Waals surface area (Å²) >= 11 is 6.50. The standard InChI is InChI=1S/C14H19Cl/c1-9(2)14(15)12-7-6-11-5-4-10(3)8-13(11)12/h4-5,8-9,12,14H,6-7H2,1-3H3. The molecular formula is C14H19Cl. The molecule has 0 N–H and O–H groups in total. The van der Waals surface area contributed by atoms with Gasteiger partial charge in [-0.2, -0.15) is 0 Å². The number of fused-ring (bicyclic) bond motifs is 1. The molecule has 0 saturated heterocycles. The Morgan fingerprint density at radius 2 is 2.07 bits per heavy atom. The van der Waals surface area contributed by atoms with Crippen LogP contribution in [0.1, 0.15) is 42.9 Å². The summed E-state index contributed by atoms with van der Waals surface area (Å²) in [4.78, 5) is 0. The van der Waals surface area contributed by atoms with Crippen molar-refractivity contribution in [3.63, 3.8) is 0 Å². The average Bonchev–Trinajstić information content (AvgIpc) is 2.59. The Bertz CT molecular complexity index is 354. The lowest BCUT2D eigenvalue weighted by Crippen LogP contribution is -2.16. The Morgan fingerprint density at radius 1 is 1.33 bits per heavy atom. The van der Waals surface area contributed by atoms with Crippen molar-refractivity contribution in [3.05, 3.63) is 34.9 Å². The van der Waals surface area contributed by atoms with Crippen LogP contribution < -0.4 is 0 Å². The third-order valence-electron chi connectivity index (χ3n) is 3.45. The second kappa shape index (κ2) is 4.17. The van der Waals surface area contributed by atoms with Crippen LogP contribution in [-0.2, 0) is 6.42 Å². The van der Waals surface area contributed by atoms with Crippen LogP contribution in [0.15, 0.2) is 18.2 Å². The number of rotatable bonds is 2. The zero-order valence-electron chi connectivity index (χ0n) is 9.76. The van der Waals surface area contributed by atoms with Crippen molar-refractivity contribution in [2.24, 2.45) is 5.92 Å². The van der Waals surface area contributed by atoms with Crippen molar-refractivity contribution in [1.82, 2.24) is 0 Å². The number of halogens is 1. The summed E-state index contributed by atoms with van der Waals surface area (Å²) in [7, 11) is 0. The molecular weight excluding hydrogens is 204 g/mol.